The fourth-order valence-electron chi connectivity index (χ4n) is 3.20. The van der Waals surface area contributed by atoms with E-state index in [1.165, 1.54) is 19.9 Å². The van der Waals surface area contributed by atoms with Crippen molar-refractivity contribution >= 4 is 34.9 Å². The number of rotatable bonds is 13. The fourth-order valence-corrected chi connectivity index (χ4v) is 3.20. The standard InChI is InChI=1S/C26H33F2N3O3/c1-6-29-23-17-21(34-15-14-33-5)16-22(27)25(23)18(2)30-19-9-11-20(12-10-19)31-24(32)8-7-13-26(3,4)28/h6,9-12,16-17,30H,2,7-8,13-15H2,1,3-5H3,(H,31,32). The molecule has 1 amide bonds. The van der Waals surface area contributed by atoms with Gasteiger partial charge < -0.3 is 20.1 Å². The second-order valence-corrected chi connectivity index (χ2v) is 8.33. The van der Waals surface area contributed by atoms with Gasteiger partial charge in [0.05, 0.1) is 17.9 Å². The minimum absolute atomic E-state index is 0.175. The average Bonchev–Trinajstić information content (AvgIpc) is 2.74. The molecular formula is C26H33F2N3O3. The predicted molar refractivity (Wildman–Crippen MR) is 134 cm³/mol. The van der Waals surface area contributed by atoms with Crippen molar-refractivity contribution in [1.29, 1.82) is 0 Å². The molecule has 2 aromatic rings. The van der Waals surface area contributed by atoms with Crippen LogP contribution in [0.15, 0.2) is 48.0 Å². The number of hydrogen-bond acceptors (Lipinski definition) is 5. The van der Waals surface area contributed by atoms with Crippen molar-refractivity contribution in [1.82, 2.24) is 0 Å². The number of halogens is 2. The molecule has 0 bridgehead atoms. The summed E-state index contributed by atoms with van der Waals surface area (Å²) in [4.78, 5) is 16.3. The van der Waals surface area contributed by atoms with Crippen molar-refractivity contribution < 1.29 is 23.0 Å². The third-order valence-corrected chi connectivity index (χ3v) is 4.81. The second kappa shape index (κ2) is 12.8. The van der Waals surface area contributed by atoms with Gasteiger partial charge in [-0.15, -0.1) is 0 Å². The molecule has 0 saturated carbocycles. The minimum Gasteiger partial charge on any atom is -0.491 e. The van der Waals surface area contributed by atoms with Crippen molar-refractivity contribution in [3.8, 4) is 5.75 Å². The number of aliphatic imine (C=N–C) groups is 1. The van der Waals surface area contributed by atoms with Crippen LogP contribution in [0.2, 0.25) is 0 Å². The van der Waals surface area contributed by atoms with E-state index in [9.17, 15) is 13.6 Å². The van der Waals surface area contributed by atoms with E-state index in [0.717, 1.165) is 0 Å². The first-order valence-electron chi connectivity index (χ1n) is 11.1. The zero-order chi connectivity index (χ0) is 25.1. The third-order valence-electron chi connectivity index (χ3n) is 4.81. The fraction of sp³-hybridized carbons (Fsp3) is 0.385. The van der Waals surface area contributed by atoms with Gasteiger partial charge in [-0.3, -0.25) is 9.79 Å². The summed E-state index contributed by atoms with van der Waals surface area (Å²) >= 11 is 0. The number of nitrogens with zero attached hydrogens (tertiary/aromatic N) is 1. The molecular weight excluding hydrogens is 440 g/mol. The largest absolute Gasteiger partial charge is 0.491 e. The van der Waals surface area contributed by atoms with Crippen molar-refractivity contribution in [2.45, 2.75) is 45.7 Å². The molecule has 34 heavy (non-hydrogen) atoms. The Morgan fingerprint density at radius 1 is 1.15 bits per heavy atom. The molecule has 0 radical (unpaired) electrons. The van der Waals surface area contributed by atoms with E-state index < -0.39 is 11.5 Å². The Hall–Kier alpha value is -3.26. The highest BCUT2D eigenvalue weighted by Gasteiger charge is 2.16. The molecule has 184 valence electrons. The lowest BCUT2D eigenvalue weighted by Crippen LogP contribution is -2.15. The van der Waals surface area contributed by atoms with E-state index in [-0.39, 0.29) is 17.9 Å². The number of ether oxygens (including phenoxy) is 2. The van der Waals surface area contributed by atoms with Gasteiger partial charge >= 0.3 is 0 Å². The third kappa shape index (κ3) is 8.94. The Morgan fingerprint density at radius 2 is 1.79 bits per heavy atom. The number of amides is 1. The highest BCUT2D eigenvalue weighted by molar-refractivity contribution is 5.91. The van der Waals surface area contributed by atoms with Crippen LogP contribution in [-0.2, 0) is 9.53 Å². The van der Waals surface area contributed by atoms with Crippen LogP contribution >= 0.6 is 0 Å². The molecule has 0 spiro atoms. The van der Waals surface area contributed by atoms with Gasteiger partial charge in [0.1, 0.15) is 23.8 Å². The highest BCUT2D eigenvalue weighted by atomic mass is 19.1. The van der Waals surface area contributed by atoms with E-state index in [2.05, 4.69) is 22.2 Å². The lowest BCUT2D eigenvalue weighted by molar-refractivity contribution is -0.116. The van der Waals surface area contributed by atoms with Gasteiger partial charge in [0.15, 0.2) is 0 Å². The molecule has 0 atom stereocenters. The number of benzene rings is 2. The van der Waals surface area contributed by atoms with Gasteiger partial charge in [-0.2, -0.15) is 0 Å². The van der Waals surface area contributed by atoms with E-state index in [1.54, 1.807) is 50.6 Å². The maximum absolute atomic E-state index is 14.9. The first-order valence-corrected chi connectivity index (χ1v) is 11.1. The van der Waals surface area contributed by atoms with Crippen molar-refractivity contribution in [3.63, 3.8) is 0 Å². The molecule has 0 fully saturated rings. The van der Waals surface area contributed by atoms with Gasteiger partial charge in [0.2, 0.25) is 5.91 Å². The summed E-state index contributed by atoms with van der Waals surface area (Å²) in [6, 6.07) is 9.86. The van der Waals surface area contributed by atoms with Crippen LogP contribution in [0.3, 0.4) is 0 Å². The smallest absolute Gasteiger partial charge is 0.224 e. The van der Waals surface area contributed by atoms with E-state index in [0.29, 0.717) is 54.6 Å². The van der Waals surface area contributed by atoms with E-state index in [4.69, 9.17) is 9.47 Å². The Kier molecular flexibility index (Phi) is 10.2. The second-order valence-electron chi connectivity index (χ2n) is 8.33. The summed E-state index contributed by atoms with van der Waals surface area (Å²) in [5.74, 6) is -0.346. The molecule has 8 heteroatoms. The molecule has 0 aromatic heterocycles. The minimum atomic E-state index is -1.28. The number of hydrogen-bond donors (Lipinski definition) is 2. The van der Waals surface area contributed by atoms with Crippen molar-refractivity contribution in [2.75, 3.05) is 31.0 Å². The molecule has 0 aliphatic carbocycles. The zero-order valence-corrected chi connectivity index (χ0v) is 20.2. The average molecular weight is 474 g/mol. The summed E-state index contributed by atoms with van der Waals surface area (Å²) in [7, 11) is 1.56. The molecule has 6 nitrogen and oxygen atoms in total. The molecule has 0 unspecified atom stereocenters. The Balaban J connectivity index is 2.04. The number of carbonyl (C=O) groups is 1. The molecule has 2 rings (SSSR count). The van der Waals surface area contributed by atoms with Crippen LogP contribution in [0.5, 0.6) is 5.75 Å². The number of nitrogens with one attached hydrogen (secondary N) is 2. The van der Waals surface area contributed by atoms with Gasteiger partial charge in [-0.05, 0) is 57.9 Å². The molecule has 0 aliphatic rings. The topological polar surface area (TPSA) is 72.0 Å². The zero-order valence-electron chi connectivity index (χ0n) is 20.2. The molecule has 0 heterocycles. The summed E-state index contributed by atoms with van der Waals surface area (Å²) in [5, 5.41) is 5.87. The van der Waals surface area contributed by atoms with Crippen molar-refractivity contribution in [2.24, 2.45) is 4.99 Å². The van der Waals surface area contributed by atoms with Gasteiger partial charge in [0.25, 0.3) is 0 Å². The number of anilines is 2. The Labute approximate surface area is 200 Å². The highest BCUT2D eigenvalue weighted by Crippen LogP contribution is 2.33. The maximum Gasteiger partial charge on any atom is 0.224 e. The normalized spacial score (nSPS) is 11.5. The van der Waals surface area contributed by atoms with Gasteiger partial charge in [0, 0.05) is 48.9 Å². The van der Waals surface area contributed by atoms with Crippen molar-refractivity contribution in [3.05, 3.63) is 54.4 Å². The van der Waals surface area contributed by atoms with Crippen LogP contribution < -0.4 is 15.4 Å². The summed E-state index contributed by atoms with van der Waals surface area (Å²) in [6.07, 6.45) is 2.61. The summed E-state index contributed by atoms with van der Waals surface area (Å²) in [5.41, 5.74) is 0.925. The monoisotopic (exact) mass is 473 g/mol. The molecule has 2 aromatic carbocycles. The van der Waals surface area contributed by atoms with Crippen LogP contribution in [0, 0.1) is 5.82 Å². The predicted octanol–water partition coefficient (Wildman–Crippen LogP) is 6.51. The first-order chi connectivity index (χ1) is 16.1. The van der Waals surface area contributed by atoms with E-state index >= 15 is 0 Å². The molecule has 0 aliphatic heterocycles. The van der Waals surface area contributed by atoms with E-state index in [1.807, 2.05) is 0 Å². The lowest BCUT2D eigenvalue weighted by Gasteiger charge is -2.15. The maximum atomic E-state index is 14.9. The SMILES string of the molecule is C=C(Nc1ccc(NC(=O)CCCC(C)(C)F)cc1)c1c(F)cc(OCCOC)cc1N=CC. The quantitative estimate of drug-likeness (QED) is 0.257. The Bertz CT molecular complexity index is 1000. The Morgan fingerprint density at radius 3 is 2.38 bits per heavy atom. The van der Waals surface area contributed by atoms with Crippen LogP contribution in [-0.4, -0.2) is 38.1 Å². The number of alkyl halides is 1. The van der Waals surface area contributed by atoms with Crippen LogP contribution in [0.25, 0.3) is 5.70 Å². The van der Waals surface area contributed by atoms with Gasteiger partial charge in [-0.1, -0.05) is 6.58 Å². The van der Waals surface area contributed by atoms with Crippen LogP contribution in [0.4, 0.5) is 25.8 Å². The number of methoxy groups -OCH3 is 1. The lowest BCUT2D eigenvalue weighted by atomic mass is 10.0. The molecule has 0 saturated heterocycles. The first kappa shape index (κ1) is 27.0. The van der Waals surface area contributed by atoms with Crippen LogP contribution in [0.1, 0.15) is 45.6 Å². The molecule has 2 N–H and O–H groups in total. The number of carbonyl (C=O) groups excluding carboxylic acids is 1. The van der Waals surface area contributed by atoms with Gasteiger partial charge in [-0.25, -0.2) is 8.78 Å². The summed E-state index contributed by atoms with van der Waals surface area (Å²) < 4.78 is 38.9. The summed E-state index contributed by atoms with van der Waals surface area (Å²) in [6.45, 7) is 9.38.